The van der Waals surface area contributed by atoms with Gasteiger partial charge in [-0.05, 0) is 48.7 Å². The fourth-order valence-corrected chi connectivity index (χ4v) is 2.85. The molecular weight excluding hydrogens is 317 g/mol. The predicted octanol–water partition coefficient (Wildman–Crippen LogP) is 4.87. The molecule has 0 aliphatic heterocycles. The Balaban J connectivity index is 2.10. The first-order chi connectivity index (χ1) is 9.69. The van der Waals surface area contributed by atoms with Crippen LogP contribution in [-0.2, 0) is 6.42 Å². The third-order valence-corrected chi connectivity index (χ3v) is 3.76. The van der Waals surface area contributed by atoms with E-state index in [1.165, 1.54) is 11.6 Å². The summed E-state index contributed by atoms with van der Waals surface area (Å²) in [5.74, 6) is -0.197. The monoisotopic (exact) mass is 335 g/mol. The van der Waals surface area contributed by atoms with E-state index in [9.17, 15) is 4.39 Å². The number of aryl methyl sites for hydroxylation is 1. The predicted molar refractivity (Wildman–Crippen MR) is 85.3 cm³/mol. The number of hydrogen-bond acceptors (Lipinski definition) is 1. The maximum absolute atomic E-state index is 13.5. The van der Waals surface area contributed by atoms with Crippen molar-refractivity contribution in [1.82, 2.24) is 5.32 Å². The van der Waals surface area contributed by atoms with E-state index in [1.807, 2.05) is 12.1 Å². The van der Waals surface area contributed by atoms with Crippen LogP contribution in [0.5, 0.6) is 0 Å². The van der Waals surface area contributed by atoms with E-state index in [4.69, 9.17) is 0 Å². The molecule has 0 aliphatic rings. The highest BCUT2D eigenvalue weighted by Gasteiger charge is 2.12. The number of benzene rings is 2. The minimum Gasteiger partial charge on any atom is -0.310 e. The summed E-state index contributed by atoms with van der Waals surface area (Å²) >= 11 is 3.36. The van der Waals surface area contributed by atoms with Gasteiger partial charge < -0.3 is 5.32 Å². The van der Waals surface area contributed by atoms with Gasteiger partial charge in [-0.2, -0.15) is 0 Å². The molecule has 1 N–H and O–H groups in total. The van der Waals surface area contributed by atoms with Crippen LogP contribution in [-0.4, -0.2) is 6.54 Å². The Kier molecular flexibility index (Phi) is 5.74. The highest BCUT2D eigenvalue weighted by Crippen LogP contribution is 2.24. The molecule has 0 aliphatic carbocycles. The summed E-state index contributed by atoms with van der Waals surface area (Å²) in [4.78, 5) is 0. The van der Waals surface area contributed by atoms with Crippen LogP contribution in [0.3, 0.4) is 0 Å². The maximum Gasteiger partial charge on any atom is 0.124 e. The zero-order valence-corrected chi connectivity index (χ0v) is 13.2. The molecular formula is C17H19BrFN. The molecule has 0 amide bonds. The van der Waals surface area contributed by atoms with E-state index in [0.29, 0.717) is 0 Å². The highest BCUT2D eigenvalue weighted by atomic mass is 79.9. The van der Waals surface area contributed by atoms with E-state index in [2.05, 4.69) is 52.4 Å². The zero-order chi connectivity index (χ0) is 14.4. The van der Waals surface area contributed by atoms with Crippen molar-refractivity contribution in [2.45, 2.75) is 25.8 Å². The van der Waals surface area contributed by atoms with Gasteiger partial charge in [0.15, 0.2) is 0 Å². The summed E-state index contributed by atoms with van der Waals surface area (Å²) in [7, 11) is 0. The van der Waals surface area contributed by atoms with E-state index in [0.717, 1.165) is 29.4 Å². The number of hydrogen-bond donors (Lipinski definition) is 1. The van der Waals surface area contributed by atoms with Crippen molar-refractivity contribution in [3.05, 3.63) is 69.9 Å². The summed E-state index contributed by atoms with van der Waals surface area (Å²) in [6.45, 7) is 2.94. The molecule has 0 spiro atoms. The summed E-state index contributed by atoms with van der Waals surface area (Å²) < 4.78 is 14.3. The van der Waals surface area contributed by atoms with Crippen LogP contribution < -0.4 is 5.32 Å². The van der Waals surface area contributed by atoms with Crippen LogP contribution in [0.1, 0.15) is 30.5 Å². The summed E-state index contributed by atoms with van der Waals surface area (Å²) in [6.07, 6.45) is 1.93. The molecule has 106 valence electrons. The molecule has 1 unspecified atom stereocenters. The second kappa shape index (κ2) is 7.55. The van der Waals surface area contributed by atoms with E-state index in [-0.39, 0.29) is 11.9 Å². The number of nitrogens with one attached hydrogen (secondary N) is 1. The van der Waals surface area contributed by atoms with Crippen LogP contribution in [0.2, 0.25) is 0 Å². The first kappa shape index (κ1) is 15.2. The molecule has 0 saturated heterocycles. The van der Waals surface area contributed by atoms with Gasteiger partial charge in [-0.3, -0.25) is 0 Å². The van der Waals surface area contributed by atoms with E-state index < -0.39 is 0 Å². The van der Waals surface area contributed by atoms with Crippen molar-refractivity contribution in [3.8, 4) is 0 Å². The van der Waals surface area contributed by atoms with Crippen molar-refractivity contribution in [1.29, 1.82) is 0 Å². The van der Waals surface area contributed by atoms with Crippen molar-refractivity contribution in [2.24, 2.45) is 0 Å². The second-order valence-electron chi connectivity index (χ2n) is 4.84. The molecule has 2 aromatic rings. The van der Waals surface area contributed by atoms with Gasteiger partial charge in [-0.1, -0.05) is 53.2 Å². The lowest BCUT2D eigenvalue weighted by Gasteiger charge is -2.19. The Morgan fingerprint density at radius 1 is 1.15 bits per heavy atom. The Morgan fingerprint density at radius 3 is 2.55 bits per heavy atom. The van der Waals surface area contributed by atoms with Gasteiger partial charge in [0.25, 0.3) is 0 Å². The first-order valence-electron chi connectivity index (χ1n) is 6.92. The molecule has 0 heterocycles. The fraction of sp³-hybridized carbons (Fsp3) is 0.294. The minimum atomic E-state index is -0.197. The first-order valence-corrected chi connectivity index (χ1v) is 7.71. The second-order valence-corrected chi connectivity index (χ2v) is 5.75. The maximum atomic E-state index is 13.5. The number of halogens is 2. The lowest BCUT2D eigenvalue weighted by Crippen LogP contribution is -2.21. The Morgan fingerprint density at radius 2 is 1.90 bits per heavy atom. The summed E-state index contributed by atoms with van der Waals surface area (Å²) in [5, 5.41) is 3.44. The lowest BCUT2D eigenvalue weighted by atomic mass is 9.99. The molecule has 20 heavy (non-hydrogen) atoms. The molecule has 3 heteroatoms. The van der Waals surface area contributed by atoms with Gasteiger partial charge >= 0.3 is 0 Å². The quantitative estimate of drug-likeness (QED) is 0.793. The molecule has 1 nitrogen and oxygen atoms in total. The fourth-order valence-electron chi connectivity index (χ4n) is 2.37. The third-order valence-electron chi connectivity index (χ3n) is 3.30. The minimum absolute atomic E-state index is 0.173. The standard InChI is InChI=1S/C17H19BrFN/c1-2-20-17(9-8-13-6-4-3-5-7-13)14-10-15(18)12-16(19)11-14/h3-7,10-12,17,20H,2,8-9H2,1H3. The van der Waals surface area contributed by atoms with Crippen molar-refractivity contribution >= 4 is 15.9 Å². The molecule has 0 aromatic heterocycles. The summed E-state index contributed by atoms with van der Waals surface area (Å²) in [6, 6.07) is 15.7. The Labute approximate surface area is 128 Å². The molecule has 2 rings (SSSR count). The van der Waals surface area contributed by atoms with Gasteiger partial charge in [-0.15, -0.1) is 0 Å². The average Bonchev–Trinajstić information content (AvgIpc) is 2.43. The van der Waals surface area contributed by atoms with Crippen LogP contribution in [0, 0.1) is 5.82 Å². The van der Waals surface area contributed by atoms with Gasteiger partial charge in [0.05, 0.1) is 0 Å². The average molecular weight is 336 g/mol. The van der Waals surface area contributed by atoms with Crippen molar-refractivity contribution in [2.75, 3.05) is 6.54 Å². The zero-order valence-electron chi connectivity index (χ0n) is 11.6. The van der Waals surface area contributed by atoms with Crippen LogP contribution >= 0.6 is 15.9 Å². The molecule has 1 atom stereocenters. The van der Waals surface area contributed by atoms with Crippen LogP contribution in [0.4, 0.5) is 4.39 Å². The Bertz CT molecular complexity index is 522. The van der Waals surface area contributed by atoms with Crippen LogP contribution in [0.15, 0.2) is 53.0 Å². The Hall–Kier alpha value is -1.19. The molecule has 0 radical (unpaired) electrons. The molecule has 0 saturated carbocycles. The normalized spacial score (nSPS) is 12.3. The third kappa shape index (κ3) is 4.43. The van der Waals surface area contributed by atoms with Gasteiger partial charge in [-0.25, -0.2) is 4.39 Å². The van der Waals surface area contributed by atoms with Crippen molar-refractivity contribution < 1.29 is 4.39 Å². The topological polar surface area (TPSA) is 12.0 Å². The van der Waals surface area contributed by atoms with Gasteiger partial charge in [0.2, 0.25) is 0 Å². The molecule has 2 aromatic carbocycles. The largest absolute Gasteiger partial charge is 0.310 e. The molecule has 0 fully saturated rings. The SMILES string of the molecule is CCNC(CCc1ccccc1)c1cc(F)cc(Br)c1. The molecule has 0 bridgehead atoms. The lowest BCUT2D eigenvalue weighted by molar-refractivity contribution is 0.510. The van der Waals surface area contributed by atoms with Crippen molar-refractivity contribution in [3.63, 3.8) is 0 Å². The van der Waals surface area contributed by atoms with E-state index in [1.54, 1.807) is 6.07 Å². The van der Waals surface area contributed by atoms with Crippen LogP contribution in [0.25, 0.3) is 0 Å². The van der Waals surface area contributed by atoms with Gasteiger partial charge in [0.1, 0.15) is 5.82 Å². The smallest absolute Gasteiger partial charge is 0.124 e. The number of rotatable bonds is 6. The van der Waals surface area contributed by atoms with Gasteiger partial charge in [0, 0.05) is 10.5 Å². The highest BCUT2D eigenvalue weighted by molar-refractivity contribution is 9.10. The van der Waals surface area contributed by atoms with E-state index >= 15 is 0 Å². The summed E-state index contributed by atoms with van der Waals surface area (Å²) in [5.41, 5.74) is 2.31.